The van der Waals surface area contributed by atoms with E-state index in [-0.39, 0.29) is 0 Å². The first-order chi connectivity index (χ1) is 13.8. The van der Waals surface area contributed by atoms with Crippen molar-refractivity contribution in [3.05, 3.63) is 70.7 Å². The van der Waals surface area contributed by atoms with Crippen molar-refractivity contribution >= 4 is 33.3 Å². The summed E-state index contributed by atoms with van der Waals surface area (Å²) in [6, 6.07) is 13.4. The molecule has 1 amide bonds. The lowest BCUT2D eigenvalue weighted by Crippen LogP contribution is -2.12. The van der Waals surface area contributed by atoms with Crippen LogP contribution in [0.2, 0.25) is 0 Å². The molecule has 0 aliphatic rings. The van der Waals surface area contributed by atoms with Crippen LogP contribution < -0.4 is 5.32 Å². The molecule has 5 nitrogen and oxygen atoms in total. The molecular weight excluding hydrogens is 401 g/mol. The summed E-state index contributed by atoms with van der Waals surface area (Å²) in [4.78, 5) is 17.2. The van der Waals surface area contributed by atoms with Gasteiger partial charge >= 0.3 is 6.18 Å². The highest BCUT2D eigenvalue weighted by molar-refractivity contribution is 7.15. The number of amides is 1. The normalized spacial score (nSPS) is 11.6. The van der Waals surface area contributed by atoms with Crippen molar-refractivity contribution in [1.29, 1.82) is 0 Å². The van der Waals surface area contributed by atoms with Gasteiger partial charge in [-0.2, -0.15) is 13.2 Å². The average molecular weight is 414 g/mol. The summed E-state index contributed by atoms with van der Waals surface area (Å²) >= 11 is 1.24. The Morgan fingerprint density at radius 2 is 1.83 bits per heavy atom. The number of hydrogen-bond donors (Lipinski definition) is 1. The summed E-state index contributed by atoms with van der Waals surface area (Å²) < 4.78 is 39.1. The van der Waals surface area contributed by atoms with Crippen molar-refractivity contribution in [1.82, 2.24) is 15.2 Å². The third-order valence-electron chi connectivity index (χ3n) is 4.20. The number of carbonyl (C=O) groups is 1. The Balaban J connectivity index is 1.76. The Morgan fingerprint density at radius 3 is 2.55 bits per heavy atom. The van der Waals surface area contributed by atoms with Crippen LogP contribution in [-0.2, 0) is 6.18 Å². The quantitative estimate of drug-likeness (QED) is 0.492. The Hall–Kier alpha value is -3.33. The van der Waals surface area contributed by atoms with Gasteiger partial charge in [0.1, 0.15) is 5.01 Å². The topological polar surface area (TPSA) is 67.8 Å². The van der Waals surface area contributed by atoms with Crippen LogP contribution in [-0.4, -0.2) is 21.1 Å². The molecule has 0 unspecified atom stereocenters. The number of alkyl halides is 3. The summed E-state index contributed by atoms with van der Waals surface area (Å²) in [6.07, 6.45) is -4.45. The zero-order chi connectivity index (χ0) is 20.6. The molecule has 1 N–H and O–H groups in total. The van der Waals surface area contributed by atoms with Gasteiger partial charge in [0.05, 0.1) is 22.3 Å². The molecule has 0 aliphatic carbocycles. The summed E-state index contributed by atoms with van der Waals surface area (Å²) in [7, 11) is 0. The summed E-state index contributed by atoms with van der Waals surface area (Å²) in [5.74, 6) is -0.416. The van der Waals surface area contributed by atoms with Crippen molar-refractivity contribution in [3.8, 4) is 11.3 Å². The minimum atomic E-state index is -4.45. The minimum Gasteiger partial charge on any atom is -0.296 e. The fourth-order valence-electron chi connectivity index (χ4n) is 2.86. The molecule has 0 spiro atoms. The smallest absolute Gasteiger partial charge is 0.296 e. The van der Waals surface area contributed by atoms with Crippen LogP contribution in [0.25, 0.3) is 22.2 Å². The average Bonchev–Trinajstić information content (AvgIpc) is 3.11. The molecule has 2 heterocycles. The van der Waals surface area contributed by atoms with Crippen LogP contribution in [0.3, 0.4) is 0 Å². The Labute approximate surface area is 167 Å². The maximum atomic E-state index is 13.0. The summed E-state index contributed by atoms with van der Waals surface area (Å²) in [6.45, 7) is 1.77. The maximum absolute atomic E-state index is 13.0. The van der Waals surface area contributed by atoms with Gasteiger partial charge in [-0.3, -0.25) is 10.1 Å². The highest BCUT2D eigenvalue weighted by Gasteiger charge is 2.30. The van der Waals surface area contributed by atoms with Crippen molar-refractivity contribution in [2.75, 3.05) is 5.32 Å². The van der Waals surface area contributed by atoms with E-state index in [1.54, 1.807) is 43.3 Å². The fraction of sp³-hybridized carbons (Fsp3) is 0.100. The summed E-state index contributed by atoms with van der Waals surface area (Å²) in [5.41, 5.74) is 0.590. The highest BCUT2D eigenvalue weighted by Crippen LogP contribution is 2.32. The lowest BCUT2D eigenvalue weighted by atomic mass is 10.0. The molecule has 146 valence electrons. The van der Waals surface area contributed by atoms with E-state index in [0.29, 0.717) is 37.9 Å². The second-order valence-electron chi connectivity index (χ2n) is 6.23. The van der Waals surface area contributed by atoms with Crippen LogP contribution in [0.5, 0.6) is 0 Å². The van der Waals surface area contributed by atoms with Crippen LogP contribution >= 0.6 is 11.3 Å². The number of nitrogens with one attached hydrogen (secondary N) is 1. The zero-order valence-corrected chi connectivity index (χ0v) is 15.8. The second-order valence-corrected chi connectivity index (χ2v) is 7.41. The molecule has 2 aromatic heterocycles. The van der Waals surface area contributed by atoms with Gasteiger partial charge in [-0.25, -0.2) is 4.98 Å². The number of fused-ring (bicyclic) bond motifs is 1. The van der Waals surface area contributed by atoms with Gasteiger partial charge < -0.3 is 0 Å². The predicted molar refractivity (Wildman–Crippen MR) is 105 cm³/mol. The van der Waals surface area contributed by atoms with Crippen LogP contribution in [0.15, 0.2) is 54.6 Å². The number of hydrogen-bond acceptors (Lipinski definition) is 5. The number of benzene rings is 2. The number of anilines is 1. The van der Waals surface area contributed by atoms with Crippen molar-refractivity contribution in [3.63, 3.8) is 0 Å². The van der Waals surface area contributed by atoms with E-state index >= 15 is 0 Å². The summed E-state index contributed by atoms with van der Waals surface area (Å²) in [5, 5.41) is 12.2. The number of rotatable bonds is 3. The van der Waals surface area contributed by atoms with E-state index in [9.17, 15) is 18.0 Å². The van der Waals surface area contributed by atoms with Gasteiger partial charge in [0.15, 0.2) is 0 Å². The molecule has 9 heteroatoms. The number of aryl methyl sites for hydroxylation is 1. The molecule has 0 saturated carbocycles. The zero-order valence-electron chi connectivity index (χ0n) is 15.0. The fourth-order valence-corrected chi connectivity index (χ4v) is 3.44. The first-order valence-electron chi connectivity index (χ1n) is 8.50. The van der Waals surface area contributed by atoms with Gasteiger partial charge in [0.25, 0.3) is 5.91 Å². The molecule has 0 fully saturated rings. The SMILES string of the molecule is Cc1nnc(NC(=O)c2cccc3ccc(-c4cccc(C(F)(F)F)c4)nc23)s1. The van der Waals surface area contributed by atoms with Gasteiger partial charge in [-0.1, -0.05) is 41.7 Å². The molecule has 29 heavy (non-hydrogen) atoms. The lowest BCUT2D eigenvalue weighted by molar-refractivity contribution is -0.137. The van der Waals surface area contributed by atoms with E-state index in [1.807, 2.05) is 0 Å². The van der Waals surface area contributed by atoms with Gasteiger partial charge in [0, 0.05) is 10.9 Å². The molecular formula is C20H13F3N4OS. The molecule has 2 aromatic carbocycles. The third-order valence-corrected chi connectivity index (χ3v) is 4.95. The number of para-hydroxylation sites is 1. The second kappa shape index (κ2) is 7.25. The van der Waals surface area contributed by atoms with Crippen molar-refractivity contribution in [2.24, 2.45) is 0 Å². The number of aromatic nitrogens is 3. The highest BCUT2D eigenvalue weighted by atomic mass is 32.1. The monoisotopic (exact) mass is 414 g/mol. The van der Waals surface area contributed by atoms with Gasteiger partial charge in [0.2, 0.25) is 5.13 Å². The molecule has 0 radical (unpaired) electrons. The minimum absolute atomic E-state index is 0.296. The van der Waals surface area contributed by atoms with E-state index in [1.165, 1.54) is 17.4 Å². The first-order valence-corrected chi connectivity index (χ1v) is 9.32. The van der Waals surface area contributed by atoms with E-state index < -0.39 is 17.6 Å². The van der Waals surface area contributed by atoms with Crippen molar-refractivity contribution < 1.29 is 18.0 Å². The van der Waals surface area contributed by atoms with Crippen LogP contribution in [0.4, 0.5) is 18.3 Å². The Bertz CT molecular complexity index is 1220. The molecule has 0 bridgehead atoms. The number of halogens is 3. The van der Waals surface area contributed by atoms with E-state index in [0.717, 1.165) is 12.1 Å². The molecule has 0 aliphatic heterocycles. The standard InChI is InChI=1S/C20H13F3N4OS/c1-11-26-27-19(29-11)25-18(28)15-7-3-4-12-8-9-16(24-17(12)15)13-5-2-6-14(10-13)20(21,22)23/h2-10H,1H3,(H,25,27,28). The van der Waals surface area contributed by atoms with E-state index in [4.69, 9.17) is 0 Å². The number of pyridine rings is 1. The van der Waals surface area contributed by atoms with Gasteiger partial charge in [-0.15, -0.1) is 10.2 Å². The van der Waals surface area contributed by atoms with Crippen molar-refractivity contribution in [2.45, 2.75) is 13.1 Å². The lowest BCUT2D eigenvalue weighted by Gasteiger charge is -2.10. The number of carbonyl (C=O) groups excluding carboxylic acids is 1. The van der Waals surface area contributed by atoms with Gasteiger partial charge in [-0.05, 0) is 31.2 Å². The predicted octanol–water partition coefficient (Wildman–Crippen LogP) is 5.33. The Morgan fingerprint density at radius 1 is 1.03 bits per heavy atom. The first kappa shape index (κ1) is 19.0. The molecule has 4 aromatic rings. The molecule has 4 rings (SSSR count). The molecule has 0 saturated heterocycles. The largest absolute Gasteiger partial charge is 0.416 e. The Kier molecular flexibility index (Phi) is 4.75. The van der Waals surface area contributed by atoms with Crippen LogP contribution in [0.1, 0.15) is 20.9 Å². The number of nitrogens with zero attached hydrogens (tertiary/aromatic N) is 3. The van der Waals surface area contributed by atoms with E-state index in [2.05, 4.69) is 20.5 Å². The van der Waals surface area contributed by atoms with Crippen LogP contribution in [0, 0.1) is 6.92 Å². The maximum Gasteiger partial charge on any atom is 0.416 e. The third kappa shape index (κ3) is 3.95. The molecule has 0 atom stereocenters.